The van der Waals surface area contributed by atoms with Crippen LogP contribution in [-0.2, 0) is 4.79 Å². The van der Waals surface area contributed by atoms with Crippen LogP contribution in [0.4, 0.5) is 5.69 Å². The van der Waals surface area contributed by atoms with E-state index in [4.69, 9.17) is 11.0 Å². The maximum Gasteiger partial charge on any atom is 0.237 e. The van der Waals surface area contributed by atoms with Gasteiger partial charge >= 0.3 is 0 Å². The summed E-state index contributed by atoms with van der Waals surface area (Å²) in [6.45, 7) is 2.54. The molecule has 0 bridgehead atoms. The third kappa shape index (κ3) is 5.86. The fourth-order valence-corrected chi connectivity index (χ4v) is 3.26. The van der Waals surface area contributed by atoms with Crippen molar-refractivity contribution in [2.24, 2.45) is 11.7 Å². The summed E-state index contributed by atoms with van der Waals surface area (Å²) in [4.78, 5) is 12.2. The molecule has 1 aliphatic rings. The van der Waals surface area contributed by atoms with Crippen molar-refractivity contribution in [3.8, 4) is 6.07 Å². The highest BCUT2D eigenvalue weighted by Crippen LogP contribution is 2.26. The van der Waals surface area contributed by atoms with Crippen LogP contribution in [0.2, 0.25) is 0 Å². The summed E-state index contributed by atoms with van der Waals surface area (Å²) in [5, 5.41) is 15.1. The predicted octanol–water partition coefficient (Wildman–Crippen LogP) is 2.77. The zero-order chi connectivity index (χ0) is 17.4. The van der Waals surface area contributed by atoms with Crippen LogP contribution in [-0.4, -0.2) is 24.5 Å². The van der Waals surface area contributed by atoms with Crippen LogP contribution in [0.25, 0.3) is 0 Å². The molecule has 24 heavy (non-hydrogen) atoms. The van der Waals surface area contributed by atoms with Crippen molar-refractivity contribution in [1.29, 1.82) is 5.26 Å². The number of hydrogen-bond donors (Lipinski definition) is 3. The molecule has 1 amide bonds. The molecule has 1 fully saturated rings. The first-order valence-electron chi connectivity index (χ1n) is 8.88. The van der Waals surface area contributed by atoms with E-state index in [1.54, 1.807) is 12.1 Å². The van der Waals surface area contributed by atoms with Gasteiger partial charge in [0.05, 0.1) is 17.7 Å². The average Bonchev–Trinajstić information content (AvgIpc) is 2.61. The highest BCUT2D eigenvalue weighted by Gasteiger charge is 2.22. The molecule has 5 nitrogen and oxygen atoms in total. The fourth-order valence-electron chi connectivity index (χ4n) is 3.26. The minimum atomic E-state index is -0.419. The first-order valence-corrected chi connectivity index (χ1v) is 8.88. The molecule has 0 saturated heterocycles. The molecule has 2 atom stereocenters. The maximum atomic E-state index is 12.2. The van der Waals surface area contributed by atoms with E-state index in [1.807, 2.05) is 19.1 Å². The summed E-state index contributed by atoms with van der Waals surface area (Å²) in [6.07, 6.45) is 7.03. The van der Waals surface area contributed by atoms with Crippen LogP contribution in [0.3, 0.4) is 0 Å². The van der Waals surface area contributed by atoms with Crippen LogP contribution in [0.15, 0.2) is 24.3 Å². The Morgan fingerprint density at radius 2 is 2.12 bits per heavy atom. The van der Waals surface area contributed by atoms with Gasteiger partial charge in [-0.3, -0.25) is 4.79 Å². The van der Waals surface area contributed by atoms with Gasteiger partial charge in [-0.05, 0) is 37.5 Å². The zero-order valence-electron chi connectivity index (χ0n) is 14.4. The molecule has 0 unspecified atom stereocenters. The molecule has 1 aliphatic carbocycles. The van der Waals surface area contributed by atoms with Crippen molar-refractivity contribution in [3.63, 3.8) is 0 Å². The number of nitrogens with two attached hydrogens (primary N) is 1. The molecule has 130 valence electrons. The van der Waals surface area contributed by atoms with Crippen molar-refractivity contribution in [3.05, 3.63) is 29.8 Å². The number of benzene rings is 1. The van der Waals surface area contributed by atoms with Crippen LogP contribution >= 0.6 is 0 Å². The van der Waals surface area contributed by atoms with Gasteiger partial charge < -0.3 is 16.4 Å². The predicted molar refractivity (Wildman–Crippen MR) is 96.4 cm³/mol. The van der Waals surface area contributed by atoms with E-state index in [0.29, 0.717) is 18.0 Å². The number of carbonyl (C=O) groups is 1. The van der Waals surface area contributed by atoms with Crippen LogP contribution < -0.4 is 16.4 Å². The van der Waals surface area contributed by atoms with E-state index in [2.05, 4.69) is 16.7 Å². The molecule has 0 aliphatic heterocycles. The van der Waals surface area contributed by atoms with E-state index >= 15 is 0 Å². The lowest BCUT2D eigenvalue weighted by Gasteiger charge is -2.25. The molecule has 2 rings (SSSR count). The SMILES string of the molecule is C[C@@H](CNc1cccc(C#N)c1)NC(=O)[C@@H](N)CC1CCCCC1. The number of nitrogens with one attached hydrogen (secondary N) is 2. The monoisotopic (exact) mass is 328 g/mol. The molecule has 1 aromatic carbocycles. The quantitative estimate of drug-likeness (QED) is 0.718. The number of nitrogens with zero attached hydrogens (tertiary/aromatic N) is 1. The summed E-state index contributed by atoms with van der Waals surface area (Å²) < 4.78 is 0. The number of hydrogen-bond acceptors (Lipinski definition) is 4. The Hall–Kier alpha value is -2.06. The summed E-state index contributed by atoms with van der Waals surface area (Å²) in [5.74, 6) is 0.530. The van der Waals surface area contributed by atoms with Crippen LogP contribution in [0, 0.1) is 17.2 Å². The highest BCUT2D eigenvalue weighted by molar-refractivity contribution is 5.81. The Morgan fingerprint density at radius 1 is 1.38 bits per heavy atom. The van der Waals surface area contributed by atoms with Crippen LogP contribution in [0.5, 0.6) is 0 Å². The van der Waals surface area contributed by atoms with Crippen molar-refractivity contribution in [2.45, 2.75) is 57.5 Å². The highest BCUT2D eigenvalue weighted by atomic mass is 16.2. The number of rotatable bonds is 7. The number of amides is 1. The maximum absolute atomic E-state index is 12.2. The van der Waals surface area contributed by atoms with Gasteiger partial charge in [-0.15, -0.1) is 0 Å². The second-order valence-electron chi connectivity index (χ2n) is 6.83. The fraction of sp³-hybridized carbons (Fsp3) is 0.579. The molecule has 4 N–H and O–H groups in total. The van der Waals surface area contributed by atoms with E-state index in [0.717, 1.165) is 12.1 Å². The topological polar surface area (TPSA) is 90.9 Å². The van der Waals surface area contributed by atoms with Crippen LogP contribution in [0.1, 0.15) is 51.0 Å². The van der Waals surface area contributed by atoms with Gasteiger partial charge in [0.15, 0.2) is 0 Å². The van der Waals surface area contributed by atoms with Gasteiger partial charge in [-0.25, -0.2) is 0 Å². The molecular weight excluding hydrogens is 300 g/mol. The third-order valence-corrected chi connectivity index (χ3v) is 4.64. The van der Waals surface area contributed by atoms with Gasteiger partial charge in [0, 0.05) is 18.3 Å². The van der Waals surface area contributed by atoms with Gasteiger partial charge in [-0.2, -0.15) is 5.26 Å². The third-order valence-electron chi connectivity index (χ3n) is 4.64. The Morgan fingerprint density at radius 3 is 2.83 bits per heavy atom. The largest absolute Gasteiger partial charge is 0.383 e. The average molecular weight is 328 g/mol. The molecular formula is C19H28N4O. The summed E-state index contributed by atoms with van der Waals surface area (Å²) in [7, 11) is 0. The molecule has 0 spiro atoms. The normalized spacial score (nSPS) is 17.5. The second kappa shape index (κ2) is 9.29. The van der Waals surface area contributed by atoms with Gasteiger partial charge in [-0.1, -0.05) is 38.2 Å². The molecule has 0 aromatic heterocycles. The minimum absolute atomic E-state index is 0.0272. The molecule has 1 aromatic rings. The Bertz CT molecular complexity index is 575. The molecule has 5 heteroatoms. The Labute approximate surface area is 144 Å². The number of nitriles is 1. The number of anilines is 1. The minimum Gasteiger partial charge on any atom is -0.383 e. The van der Waals surface area contributed by atoms with Crippen molar-refractivity contribution in [2.75, 3.05) is 11.9 Å². The molecule has 1 saturated carbocycles. The molecule has 0 heterocycles. The summed E-state index contributed by atoms with van der Waals surface area (Å²) in [5.41, 5.74) is 7.57. The second-order valence-corrected chi connectivity index (χ2v) is 6.83. The van der Waals surface area contributed by atoms with E-state index in [-0.39, 0.29) is 11.9 Å². The zero-order valence-corrected chi connectivity index (χ0v) is 14.4. The first-order chi connectivity index (χ1) is 11.6. The lowest BCUT2D eigenvalue weighted by molar-refractivity contribution is -0.123. The van der Waals surface area contributed by atoms with Crippen molar-refractivity contribution >= 4 is 11.6 Å². The summed E-state index contributed by atoms with van der Waals surface area (Å²) in [6, 6.07) is 8.97. The Kier molecular flexibility index (Phi) is 7.07. The molecule has 0 radical (unpaired) electrons. The van der Waals surface area contributed by atoms with Crippen molar-refractivity contribution < 1.29 is 4.79 Å². The van der Waals surface area contributed by atoms with Gasteiger partial charge in [0.25, 0.3) is 0 Å². The van der Waals surface area contributed by atoms with Crippen molar-refractivity contribution in [1.82, 2.24) is 5.32 Å². The lowest BCUT2D eigenvalue weighted by atomic mass is 9.85. The van der Waals surface area contributed by atoms with E-state index < -0.39 is 6.04 Å². The first kappa shape index (κ1) is 18.3. The standard InChI is InChI=1S/C19H28N4O/c1-14(13-22-17-9-5-8-16(10-17)12-20)23-19(24)18(21)11-15-6-3-2-4-7-15/h5,8-10,14-15,18,22H,2-4,6-7,11,13,21H2,1H3,(H,23,24)/t14-,18-/m0/s1. The van der Waals surface area contributed by atoms with E-state index in [9.17, 15) is 4.79 Å². The number of carbonyl (C=O) groups excluding carboxylic acids is 1. The van der Waals surface area contributed by atoms with E-state index in [1.165, 1.54) is 32.1 Å². The smallest absolute Gasteiger partial charge is 0.237 e. The summed E-state index contributed by atoms with van der Waals surface area (Å²) >= 11 is 0. The lowest BCUT2D eigenvalue weighted by Crippen LogP contribution is -2.47. The van der Waals surface area contributed by atoms with Gasteiger partial charge in [0.1, 0.15) is 0 Å². The Balaban J connectivity index is 1.73. The van der Waals surface area contributed by atoms with Gasteiger partial charge in [0.2, 0.25) is 5.91 Å².